The van der Waals surface area contributed by atoms with Gasteiger partial charge in [-0.1, -0.05) is 19.9 Å². The van der Waals surface area contributed by atoms with E-state index in [1.807, 2.05) is 6.07 Å². The van der Waals surface area contributed by atoms with Gasteiger partial charge < -0.3 is 15.2 Å². The van der Waals surface area contributed by atoms with E-state index in [1.165, 1.54) is 5.56 Å². The minimum Gasteiger partial charge on any atom is -0.486 e. The minimum absolute atomic E-state index is 0.197. The highest BCUT2D eigenvalue weighted by Gasteiger charge is 2.17. The third-order valence-corrected chi connectivity index (χ3v) is 3.21. The molecule has 0 radical (unpaired) electrons. The number of hydrogen-bond donors (Lipinski definition) is 1. The Hall–Kier alpha value is -1.22. The van der Waals surface area contributed by atoms with Crippen LogP contribution in [0.1, 0.15) is 31.7 Å². The highest BCUT2D eigenvalue weighted by atomic mass is 16.6. The molecule has 0 fully saturated rings. The summed E-state index contributed by atoms with van der Waals surface area (Å²) in [5, 5.41) is 0. The number of benzene rings is 1. The molecule has 2 unspecified atom stereocenters. The number of fused-ring (bicyclic) bond motifs is 1. The first-order valence-corrected chi connectivity index (χ1v) is 5.87. The van der Waals surface area contributed by atoms with E-state index in [0.29, 0.717) is 19.1 Å². The van der Waals surface area contributed by atoms with Gasteiger partial charge in [-0.2, -0.15) is 0 Å². The van der Waals surface area contributed by atoms with Crippen molar-refractivity contribution in [2.75, 3.05) is 13.2 Å². The standard InChI is InChI=1S/C13H19NO2/c1-3-11(14)9(2)10-4-5-12-13(8-10)16-7-6-15-12/h4-5,8-9,11H,3,6-7,14H2,1-2H3. The summed E-state index contributed by atoms with van der Waals surface area (Å²) in [6.45, 7) is 5.53. The molecule has 0 saturated heterocycles. The molecule has 16 heavy (non-hydrogen) atoms. The first kappa shape index (κ1) is 11.3. The predicted molar refractivity (Wildman–Crippen MR) is 64.1 cm³/mol. The lowest BCUT2D eigenvalue weighted by atomic mass is 9.92. The molecular weight excluding hydrogens is 202 g/mol. The third kappa shape index (κ3) is 2.14. The summed E-state index contributed by atoms with van der Waals surface area (Å²) in [4.78, 5) is 0. The van der Waals surface area contributed by atoms with Crippen molar-refractivity contribution in [3.05, 3.63) is 23.8 Å². The molecule has 2 N–H and O–H groups in total. The zero-order valence-electron chi connectivity index (χ0n) is 9.90. The molecule has 0 spiro atoms. The van der Waals surface area contributed by atoms with Gasteiger partial charge in [-0.3, -0.25) is 0 Å². The van der Waals surface area contributed by atoms with Gasteiger partial charge in [0.2, 0.25) is 0 Å². The Bertz CT molecular complexity index is 365. The van der Waals surface area contributed by atoms with E-state index in [-0.39, 0.29) is 6.04 Å². The zero-order valence-corrected chi connectivity index (χ0v) is 9.90. The van der Waals surface area contributed by atoms with Crippen LogP contribution in [0.2, 0.25) is 0 Å². The second kappa shape index (κ2) is 4.74. The van der Waals surface area contributed by atoms with Gasteiger partial charge in [0.25, 0.3) is 0 Å². The summed E-state index contributed by atoms with van der Waals surface area (Å²) in [5.74, 6) is 2.03. The van der Waals surface area contributed by atoms with Gasteiger partial charge in [0.05, 0.1) is 0 Å². The molecule has 0 bridgehead atoms. The fourth-order valence-electron chi connectivity index (χ4n) is 1.94. The third-order valence-electron chi connectivity index (χ3n) is 3.21. The van der Waals surface area contributed by atoms with Gasteiger partial charge in [-0.25, -0.2) is 0 Å². The number of nitrogens with two attached hydrogens (primary N) is 1. The molecule has 2 rings (SSSR count). The lowest BCUT2D eigenvalue weighted by molar-refractivity contribution is 0.171. The first-order valence-electron chi connectivity index (χ1n) is 5.87. The van der Waals surface area contributed by atoms with Crippen LogP contribution in [0.3, 0.4) is 0 Å². The Morgan fingerprint density at radius 3 is 2.62 bits per heavy atom. The van der Waals surface area contributed by atoms with Gasteiger partial charge in [0.15, 0.2) is 11.5 Å². The minimum atomic E-state index is 0.197. The maximum absolute atomic E-state index is 6.05. The van der Waals surface area contributed by atoms with Crippen LogP contribution in [0, 0.1) is 0 Å². The Morgan fingerprint density at radius 2 is 1.94 bits per heavy atom. The van der Waals surface area contributed by atoms with Gasteiger partial charge >= 0.3 is 0 Å². The fraction of sp³-hybridized carbons (Fsp3) is 0.538. The van der Waals surface area contributed by atoms with Crippen LogP contribution in [0.4, 0.5) is 0 Å². The topological polar surface area (TPSA) is 44.5 Å². The molecule has 1 aromatic rings. The normalized spacial score (nSPS) is 17.9. The van der Waals surface area contributed by atoms with E-state index >= 15 is 0 Å². The fourth-order valence-corrected chi connectivity index (χ4v) is 1.94. The van der Waals surface area contributed by atoms with E-state index < -0.39 is 0 Å². The number of rotatable bonds is 3. The molecule has 0 amide bonds. The van der Waals surface area contributed by atoms with Crippen molar-refractivity contribution in [2.45, 2.75) is 32.2 Å². The highest BCUT2D eigenvalue weighted by Crippen LogP contribution is 2.33. The molecule has 3 nitrogen and oxygen atoms in total. The van der Waals surface area contributed by atoms with Crippen molar-refractivity contribution >= 4 is 0 Å². The van der Waals surface area contributed by atoms with Gasteiger partial charge in [-0.15, -0.1) is 0 Å². The first-order chi connectivity index (χ1) is 7.72. The molecular formula is C13H19NO2. The van der Waals surface area contributed by atoms with E-state index in [4.69, 9.17) is 15.2 Å². The van der Waals surface area contributed by atoms with Gasteiger partial charge in [-0.05, 0) is 30.0 Å². The highest BCUT2D eigenvalue weighted by molar-refractivity contribution is 5.44. The zero-order chi connectivity index (χ0) is 11.5. The average Bonchev–Trinajstić information content (AvgIpc) is 2.36. The van der Waals surface area contributed by atoms with Crippen LogP contribution >= 0.6 is 0 Å². The van der Waals surface area contributed by atoms with Crippen molar-refractivity contribution in [1.82, 2.24) is 0 Å². The molecule has 88 valence electrons. The Morgan fingerprint density at radius 1 is 1.25 bits per heavy atom. The van der Waals surface area contributed by atoms with Crippen molar-refractivity contribution in [3.63, 3.8) is 0 Å². The van der Waals surface area contributed by atoms with Crippen LogP contribution < -0.4 is 15.2 Å². The summed E-state index contributed by atoms with van der Waals surface area (Å²) < 4.78 is 11.1. The van der Waals surface area contributed by atoms with E-state index in [0.717, 1.165) is 17.9 Å². The SMILES string of the molecule is CCC(N)C(C)c1ccc2c(c1)OCCO2. The van der Waals surface area contributed by atoms with E-state index in [2.05, 4.69) is 26.0 Å². The second-order valence-electron chi connectivity index (χ2n) is 4.26. The van der Waals surface area contributed by atoms with Crippen molar-refractivity contribution in [1.29, 1.82) is 0 Å². The van der Waals surface area contributed by atoms with Crippen LogP contribution in [-0.4, -0.2) is 19.3 Å². The average molecular weight is 221 g/mol. The molecule has 3 heteroatoms. The smallest absolute Gasteiger partial charge is 0.161 e. The summed E-state index contributed by atoms with van der Waals surface area (Å²) in [7, 11) is 0. The van der Waals surface area contributed by atoms with Crippen LogP contribution in [0.5, 0.6) is 11.5 Å². The molecule has 2 atom stereocenters. The Labute approximate surface area is 96.5 Å². The number of hydrogen-bond acceptors (Lipinski definition) is 3. The van der Waals surface area contributed by atoms with Crippen LogP contribution in [0.15, 0.2) is 18.2 Å². The lowest BCUT2D eigenvalue weighted by Gasteiger charge is -2.22. The van der Waals surface area contributed by atoms with Gasteiger partial charge in [0, 0.05) is 6.04 Å². The second-order valence-corrected chi connectivity index (χ2v) is 4.26. The number of ether oxygens (including phenoxy) is 2. The Balaban J connectivity index is 2.22. The molecule has 0 aromatic heterocycles. The maximum Gasteiger partial charge on any atom is 0.161 e. The molecule has 0 saturated carbocycles. The van der Waals surface area contributed by atoms with E-state index in [9.17, 15) is 0 Å². The van der Waals surface area contributed by atoms with Gasteiger partial charge in [0.1, 0.15) is 13.2 Å². The summed E-state index contributed by atoms with van der Waals surface area (Å²) >= 11 is 0. The van der Waals surface area contributed by atoms with Crippen molar-refractivity contribution in [2.24, 2.45) is 5.73 Å². The molecule has 1 aliphatic rings. The van der Waals surface area contributed by atoms with E-state index in [1.54, 1.807) is 0 Å². The molecule has 1 heterocycles. The Kier molecular flexibility index (Phi) is 3.34. The monoisotopic (exact) mass is 221 g/mol. The quantitative estimate of drug-likeness (QED) is 0.851. The van der Waals surface area contributed by atoms with Crippen LogP contribution in [0.25, 0.3) is 0 Å². The molecule has 0 aliphatic carbocycles. The predicted octanol–water partition coefficient (Wildman–Crippen LogP) is 2.30. The van der Waals surface area contributed by atoms with Crippen molar-refractivity contribution < 1.29 is 9.47 Å². The lowest BCUT2D eigenvalue weighted by Crippen LogP contribution is -2.25. The largest absolute Gasteiger partial charge is 0.486 e. The van der Waals surface area contributed by atoms with Crippen LogP contribution in [-0.2, 0) is 0 Å². The van der Waals surface area contributed by atoms with Crippen molar-refractivity contribution in [3.8, 4) is 11.5 Å². The summed E-state index contributed by atoms with van der Waals surface area (Å²) in [6, 6.07) is 6.30. The summed E-state index contributed by atoms with van der Waals surface area (Å²) in [6.07, 6.45) is 0.982. The molecule has 1 aromatic carbocycles. The summed E-state index contributed by atoms with van der Waals surface area (Å²) in [5.41, 5.74) is 7.27. The molecule has 1 aliphatic heterocycles. The maximum atomic E-state index is 6.05.